The van der Waals surface area contributed by atoms with E-state index in [4.69, 9.17) is 23.2 Å². The lowest BCUT2D eigenvalue weighted by Gasteiger charge is -2.31. The summed E-state index contributed by atoms with van der Waals surface area (Å²) in [6, 6.07) is 11.1. The lowest BCUT2D eigenvalue weighted by atomic mass is 10.1. The van der Waals surface area contributed by atoms with Crippen molar-refractivity contribution in [1.82, 2.24) is 10.2 Å². The van der Waals surface area contributed by atoms with Crippen LogP contribution in [0.3, 0.4) is 0 Å². The SMILES string of the molecule is CCCNC(=O)[C@@H](C)N(Cc1cccc(C)c1)C(=O)CN(c1ccc(Cl)cc1Cl)S(C)(=O)=O. The lowest BCUT2D eigenvalue weighted by molar-refractivity contribution is -0.139. The third-order valence-electron chi connectivity index (χ3n) is 5.01. The summed E-state index contributed by atoms with van der Waals surface area (Å²) in [7, 11) is -3.86. The van der Waals surface area contributed by atoms with E-state index in [0.717, 1.165) is 28.1 Å². The molecule has 0 aliphatic rings. The third-order valence-corrected chi connectivity index (χ3v) is 6.67. The third kappa shape index (κ3) is 7.62. The van der Waals surface area contributed by atoms with Gasteiger partial charge < -0.3 is 10.2 Å². The summed E-state index contributed by atoms with van der Waals surface area (Å²) in [5, 5.41) is 3.23. The maximum Gasteiger partial charge on any atom is 0.244 e. The van der Waals surface area contributed by atoms with Gasteiger partial charge in [0.2, 0.25) is 21.8 Å². The van der Waals surface area contributed by atoms with Crippen LogP contribution in [0, 0.1) is 6.92 Å². The number of carbonyl (C=O) groups excluding carboxylic acids is 2. The molecule has 0 fully saturated rings. The maximum absolute atomic E-state index is 13.4. The Labute approximate surface area is 205 Å². The van der Waals surface area contributed by atoms with Gasteiger partial charge in [0.05, 0.1) is 17.0 Å². The number of carbonyl (C=O) groups is 2. The van der Waals surface area contributed by atoms with Crippen molar-refractivity contribution in [2.24, 2.45) is 0 Å². The first kappa shape index (κ1) is 27.0. The van der Waals surface area contributed by atoms with Crippen LogP contribution >= 0.6 is 23.2 Å². The number of benzene rings is 2. The minimum Gasteiger partial charge on any atom is -0.354 e. The van der Waals surface area contributed by atoms with Crippen LogP contribution in [-0.2, 0) is 26.2 Å². The van der Waals surface area contributed by atoms with Crippen molar-refractivity contribution in [3.05, 3.63) is 63.6 Å². The number of hydrogen-bond donors (Lipinski definition) is 1. The van der Waals surface area contributed by atoms with Crippen molar-refractivity contribution in [3.63, 3.8) is 0 Å². The zero-order valence-corrected chi connectivity index (χ0v) is 21.5. The van der Waals surface area contributed by atoms with Crippen LogP contribution in [0.2, 0.25) is 10.0 Å². The summed E-state index contributed by atoms with van der Waals surface area (Å²) >= 11 is 12.2. The molecule has 0 bridgehead atoms. The van der Waals surface area contributed by atoms with Crippen LogP contribution in [0.5, 0.6) is 0 Å². The summed E-state index contributed by atoms with van der Waals surface area (Å²) in [5.74, 6) is -0.847. The van der Waals surface area contributed by atoms with Crippen molar-refractivity contribution < 1.29 is 18.0 Å². The van der Waals surface area contributed by atoms with Crippen LogP contribution in [0.15, 0.2) is 42.5 Å². The molecule has 1 atom stereocenters. The van der Waals surface area contributed by atoms with Gasteiger partial charge in [-0.3, -0.25) is 13.9 Å². The van der Waals surface area contributed by atoms with E-state index < -0.39 is 28.5 Å². The molecular formula is C23H29Cl2N3O4S. The standard InChI is InChI=1S/C23H29Cl2N3O4S/c1-5-11-26-23(30)17(3)27(14-18-8-6-7-16(2)12-18)22(29)15-28(33(4,31)32)21-10-9-19(24)13-20(21)25/h6-10,12-13,17H,5,11,14-15H2,1-4H3,(H,26,30)/t17-/m1/s1. The molecular weight excluding hydrogens is 485 g/mol. The van der Waals surface area contributed by atoms with Crippen LogP contribution in [0.1, 0.15) is 31.4 Å². The lowest BCUT2D eigenvalue weighted by Crippen LogP contribution is -2.51. The zero-order chi connectivity index (χ0) is 24.8. The van der Waals surface area contributed by atoms with Crippen molar-refractivity contribution in [1.29, 1.82) is 0 Å². The fourth-order valence-electron chi connectivity index (χ4n) is 3.26. The average molecular weight is 514 g/mol. The quantitative estimate of drug-likeness (QED) is 0.519. The van der Waals surface area contributed by atoms with E-state index in [9.17, 15) is 18.0 Å². The van der Waals surface area contributed by atoms with Crippen LogP contribution in [0.4, 0.5) is 5.69 Å². The Morgan fingerprint density at radius 3 is 2.39 bits per heavy atom. The Bertz CT molecular complexity index is 1110. The van der Waals surface area contributed by atoms with E-state index in [1.54, 1.807) is 6.92 Å². The van der Waals surface area contributed by atoms with Gasteiger partial charge >= 0.3 is 0 Å². The fourth-order valence-corrected chi connectivity index (χ4v) is 4.69. The van der Waals surface area contributed by atoms with Crippen molar-refractivity contribution in [3.8, 4) is 0 Å². The van der Waals surface area contributed by atoms with Gasteiger partial charge in [0.15, 0.2) is 0 Å². The van der Waals surface area contributed by atoms with Crippen LogP contribution in [0.25, 0.3) is 0 Å². The van der Waals surface area contributed by atoms with Gasteiger partial charge in [-0.1, -0.05) is 60.0 Å². The van der Waals surface area contributed by atoms with E-state index in [1.807, 2.05) is 38.1 Å². The van der Waals surface area contributed by atoms with Gasteiger partial charge in [-0.05, 0) is 44.0 Å². The normalized spacial score (nSPS) is 12.2. The Morgan fingerprint density at radius 2 is 1.82 bits per heavy atom. The number of aryl methyl sites for hydroxylation is 1. The molecule has 0 unspecified atom stereocenters. The van der Waals surface area contributed by atoms with Crippen molar-refractivity contribution >= 4 is 50.7 Å². The summed E-state index contributed by atoms with van der Waals surface area (Å²) < 4.78 is 26.0. The van der Waals surface area contributed by atoms with Gasteiger partial charge in [0.25, 0.3) is 0 Å². The maximum atomic E-state index is 13.4. The molecule has 0 saturated carbocycles. The van der Waals surface area contributed by atoms with Gasteiger partial charge in [0.1, 0.15) is 12.6 Å². The molecule has 2 rings (SSSR count). The molecule has 180 valence electrons. The summed E-state index contributed by atoms with van der Waals surface area (Å²) in [4.78, 5) is 27.5. The molecule has 2 amide bonds. The average Bonchev–Trinajstić information content (AvgIpc) is 2.73. The molecule has 0 aliphatic carbocycles. The number of halogens is 2. The predicted octanol–water partition coefficient (Wildman–Crippen LogP) is 4.01. The Morgan fingerprint density at radius 1 is 1.12 bits per heavy atom. The monoisotopic (exact) mass is 513 g/mol. The van der Waals surface area contributed by atoms with E-state index in [1.165, 1.54) is 23.1 Å². The first-order valence-electron chi connectivity index (χ1n) is 10.5. The first-order chi connectivity index (χ1) is 15.4. The zero-order valence-electron chi connectivity index (χ0n) is 19.1. The second-order valence-electron chi connectivity index (χ2n) is 7.84. The number of amides is 2. The number of rotatable bonds is 10. The van der Waals surface area contributed by atoms with Gasteiger partial charge in [-0.2, -0.15) is 0 Å². The molecule has 0 radical (unpaired) electrons. The number of sulfonamides is 1. The molecule has 0 aromatic heterocycles. The van der Waals surface area contributed by atoms with Gasteiger partial charge in [-0.25, -0.2) is 8.42 Å². The van der Waals surface area contributed by atoms with Crippen LogP contribution < -0.4 is 9.62 Å². The molecule has 0 aliphatic heterocycles. The molecule has 0 heterocycles. The molecule has 7 nitrogen and oxygen atoms in total. The number of hydrogen-bond acceptors (Lipinski definition) is 4. The van der Waals surface area contributed by atoms with E-state index in [-0.39, 0.29) is 23.2 Å². The number of nitrogens with one attached hydrogen (secondary N) is 1. The summed E-state index contributed by atoms with van der Waals surface area (Å²) in [5.41, 5.74) is 1.97. The Balaban J connectivity index is 2.40. The van der Waals surface area contributed by atoms with Crippen LogP contribution in [-0.4, -0.2) is 50.5 Å². The molecule has 0 spiro atoms. The number of anilines is 1. The predicted molar refractivity (Wildman–Crippen MR) is 133 cm³/mol. The van der Waals surface area contributed by atoms with E-state index >= 15 is 0 Å². The van der Waals surface area contributed by atoms with E-state index in [2.05, 4.69) is 5.32 Å². The summed E-state index contributed by atoms with van der Waals surface area (Å²) in [6.07, 6.45) is 1.74. The number of nitrogens with zero attached hydrogens (tertiary/aromatic N) is 2. The second-order valence-corrected chi connectivity index (χ2v) is 10.6. The molecule has 10 heteroatoms. The summed E-state index contributed by atoms with van der Waals surface area (Å²) in [6.45, 7) is 5.59. The highest BCUT2D eigenvalue weighted by molar-refractivity contribution is 7.92. The minimum absolute atomic E-state index is 0.0969. The molecule has 33 heavy (non-hydrogen) atoms. The molecule has 2 aromatic carbocycles. The minimum atomic E-state index is -3.86. The highest BCUT2D eigenvalue weighted by atomic mass is 35.5. The van der Waals surface area contributed by atoms with Crippen molar-refractivity contribution in [2.45, 2.75) is 39.8 Å². The fraction of sp³-hybridized carbons (Fsp3) is 0.391. The smallest absolute Gasteiger partial charge is 0.244 e. The molecule has 1 N–H and O–H groups in total. The largest absolute Gasteiger partial charge is 0.354 e. The highest BCUT2D eigenvalue weighted by Gasteiger charge is 2.30. The second kappa shape index (κ2) is 11.7. The topological polar surface area (TPSA) is 86.8 Å². The Kier molecular flexibility index (Phi) is 9.57. The van der Waals surface area contributed by atoms with Gasteiger partial charge in [0, 0.05) is 18.1 Å². The molecule has 0 saturated heterocycles. The Hall–Kier alpha value is -2.29. The first-order valence-corrected chi connectivity index (χ1v) is 13.1. The van der Waals surface area contributed by atoms with Crippen molar-refractivity contribution in [2.75, 3.05) is 23.7 Å². The highest BCUT2D eigenvalue weighted by Crippen LogP contribution is 2.30. The van der Waals surface area contributed by atoms with Gasteiger partial charge in [-0.15, -0.1) is 0 Å². The molecule has 2 aromatic rings. The van der Waals surface area contributed by atoms with E-state index in [0.29, 0.717) is 11.6 Å².